The lowest BCUT2D eigenvalue weighted by Crippen LogP contribution is -2.34. The molecule has 0 saturated carbocycles. The van der Waals surface area contributed by atoms with Crippen LogP contribution in [0.25, 0.3) is 0 Å². The molecule has 0 fully saturated rings. The minimum Gasteiger partial charge on any atom is -0.506 e. The number of nitrogens with one attached hydrogen (secondary N) is 2. The van der Waals surface area contributed by atoms with Crippen LogP contribution in [0.3, 0.4) is 0 Å². The lowest BCUT2D eigenvalue weighted by atomic mass is 10.2. The standard InChI is InChI=1S/C17H18N2O5S/c1-22-11-4-5-15(20)14(9-11)18-17(25)19-16(21)10-6-12(23-2)8-13(7-10)24-3/h4-9,20H,1-3H3,(H2,18,19,21,25). The molecule has 0 heterocycles. The van der Waals surface area contributed by atoms with Crippen LogP contribution in [-0.2, 0) is 0 Å². The molecule has 1 amide bonds. The topological polar surface area (TPSA) is 89.1 Å². The number of phenols is 1. The summed E-state index contributed by atoms with van der Waals surface area (Å²) in [6, 6.07) is 9.39. The van der Waals surface area contributed by atoms with E-state index in [0.29, 0.717) is 28.5 Å². The van der Waals surface area contributed by atoms with Gasteiger partial charge in [-0.1, -0.05) is 0 Å². The molecule has 0 aliphatic heterocycles. The largest absolute Gasteiger partial charge is 0.506 e. The first kappa shape index (κ1) is 18.3. The van der Waals surface area contributed by atoms with E-state index in [0.717, 1.165) is 0 Å². The number of rotatable bonds is 5. The number of phenolic OH excluding ortho intramolecular Hbond substituents is 1. The van der Waals surface area contributed by atoms with Crippen molar-refractivity contribution in [3.8, 4) is 23.0 Å². The average molecular weight is 362 g/mol. The minimum atomic E-state index is -0.447. The first-order chi connectivity index (χ1) is 12.0. The fourth-order valence-corrected chi connectivity index (χ4v) is 2.21. The Labute approximate surface area is 150 Å². The number of hydrogen-bond acceptors (Lipinski definition) is 6. The Balaban J connectivity index is 2.11. The third kappa shape index (κ3) is 4.74. The molecule has 2 rings (SSSR count). The van der Waals surface area contributed by atoms with Crippen molar-refractivity contribution in [1.82, 2.24) is 5.32 Å². The van der Waals surface area contributed by atoms with Crippen LogP contribution in [0.15, 0.2) is 36.4 Å². The SMILES string of the molecule is COc1cc(OC)cc(C(=O)NC(=S)Nc2cc(OC)ccc2O)c1. The van der Waals surface area contributed by atoms with Crippen molar-refractivity contribution in [1.29, 1.82) is 0 Å². The number of amides is 1. The van der Waals surface area contributed by atoms with Crippen LogP contribution in [0.4, 0.5) is 5.69 Å². The minimum absolute atomic E-state index is 0.0235. The van der Waals surface area contributed by atoms with E-state index in [2.05, 4.69) is 10.6 Å². The van der Waals surface area contributed by atoms with Gasteiger partial charge >= 0.3 is 0 Å². The lowest BCUT2D eigenvalue weighted by molar-refractivity contribution is 0.0977. The molecule has 0 aliphatic carbocycles. The van der Waals surface area contributed by atoms with Crippen LogP contribution in [0.1, 0.15) is 10.4 Å². The highest BCUT2D eigenvalue weighted by molar-refractivity contribution is 7.80. The Hall–Kier alpha value is -3.00. The summed E-state index contributed by atoms with van der Waals surface area (Å²) in [4.78, 5) is 12.4. The van der Waals surface area contributed by atoms with Crippen LogP contribution in [0, 0.1) is 0 Å². The fourth-order valence-electron chi connectivity index (χ4n) is 2.01. The van der Waals surface area contributed by atoms with Gasteiger partial charge in [-0.25, -0.2) is 0 Å². The molecule has 7 nitrogen and oxygen atoms in total. The second kappa shape index (κ2) is 8.20. The molecule has 0 saturated heterocycles. The molecule has 0 spiro atoms. The summed E-state index contributed by atoms with van der Waals surface area (Å²) < 4.78 is 15.4. The van der Waals surface area contributed by atoms with Crippen molar-refractivity contribution in [3.63, 3.8) is 0 Å². The van der Waals surface area contributed by atoms with E-state index < -0.39 is 5.91 Å². The quantitative estimate of drug-likeness (QED) is 0.556. The van der Waals surface area contributed by atoms with Gasteiger partial charge in [-0.15, -0.1) is 0 Å². The summed E-state index contributed by atoms with van der Waals surface area (Å²) in [5.41, 5.74) is 0.628. The molecular formula is C17H18N2O5S. The van der Waals surface area contributed by atoms with Crippen molar-refractivity contribution >= 4 is 28.9 Å². The van der Waals surface area contributed by atoms with E-state index in [1.54, 1.807) is 30.3 Å². The van der Waals surface area contributed by atoms with Gasteiger partial charge in [-0.3, -0.25) is 10.1 Å². The van der Waals surface area contributed by atoms with Crippen LogP contribution >= 0.6 is 12.2 Å². The number of anilines is 1. The first-order valence-corrected chi connectivity index (χ1v) is 7.60. The van der Waals surface area contributed by atoms with Crippen molar-refractivity contribution < 1.29 is 24.1 Å². The van der Waals surface area contributed by atoms with Crippen LogP contribution in [-0.4, -0.2) is 37.5 Å². The third-order valence-corrected chi connectivity index (χ3v) is 3.50. The zero-order valence-corrected chi connectivity index (χ0v) is 14.8. The molecule has 2 aromatic carbocycles. The molecule has 0 atom stereocenters. The number of hydrogen-bond donors (Lipinski definition) is 3. The zero-order valence-electron chi connectivity index (χ0n) is 14.0. The highest BCUT2D eigenvalue weighted by Crippen LogP contribution is 2.27. The van der Waals surface area contributed by atoms with E-state index in [-0.39, 0.29) is 10.9 Å². The van der Waals surface area contributed by atoms with E-state index >= 15 is 0 Å². The normalized spacial score (nSPS) is 9.88. The maximum atomic E-state index is 12.4. The second-order valence-corrected chi connectivity index (χ2v) is 5.30. The molecule has 0 unspecified atom stereocenters. The molecular weight excluding hydrogens is 344 g/mol. The predicted octanol–water partition coefficient (Wildman–Crippen LogP) is 2.54. The Kier molecular flexibility index (Phi) is 6.02. The number of carbonyl (C=O) groups excluding carboxylic acids is 1. The second-order valence-electron chi connectivity index (χ2n) is 4.89. The summed E-state index contributed by atoms with van der Waals surface area (Å²) >= 11 is 5.12. The zero-order chi connectivity index (χ0) is 18.4. The fraction of sp³-hybridized carbons (Fsp3) is 0.176. The number of thiocarbonyl (C=S) groups is 1. The molecule has 0 aromatic heterocycles. The number of methoxy groups -OCH3 is 3. The number of carbonyl (C=O) groups is 1. The van der Waals surface area contributed by atoms with Crippen molar-refractivity contribution in [3.05, 3.63) is 42.0 Å². The molecule has 3 N–H and O–H groups in total. The molecule has 0 radical (unpaired) electrons. The molecule has 8 heteroatoms. The highest BCUT2D eigenvalue weighted by Gasteiger charge is 2.13. The van der Waals surface area contributed by atoms with Gasteiger partial charge in [0.1, 0.15) is 23.0 Å². The van der Waals surface area contributed by atoms with E-state index in [9.17, 15) is 9.90 Å². The molecule has 0 aliphatic rings. The van der Waals surface area contributed by atoms with Gasteiger partial charge in [0, 0.05) is 17.7 Å². The van der Waals surface area contributed by atoms with Crippen LogP contribution in [0.2, 0.25) is 0 Å². The lowest BCUT2D eigenvalue weighted by Gasteiger charge is -2.13. The summed E-state index contributed by atoms with van der Waals surface area (Å²) in [5.74, 6) is 1.02. The van der Waals surface area contributed by atoms with Gasteiger partial charge in [0.15, 0.2) is 5.11 Å². The van der Waals surface area contributed by atoms with Crippen molar-refractivity contribution in [2.24, 2.45) is 0 Å². The van der Waals surface area contributed by atoms with Crippen LogP contribution in [0.5, 0.6) is 23.0 Å². The Morgan fingerprint density at radius 3 is 2.12 bits per heavy atom. The Morgan fingerprint density at radius 2 is 1.56 bits per heavy atom. The Morgan fingerprint density at radius 1 is 0.960 bits per heavy atom. The van der Waals surface area contributed by atoms with Gasteiger partial charge in [0.2, 0.25) is 0 Å². The van der Waals surface area contributed by atoms with Gasteiger partial charge in [0.05, 0.1) is 27.0 Å². The van der Waals surface area contributed by atoms with Gasteiger partial charge in [-0.05, 0) is 36.5 Å². The Bertz CT molecular complexity index is 772. The van der Waals surface area contributed by atoms with Crippen molar-refractivity contribution in [2.45, 2.75) is 0 Å². The maximum Gasteiger partial charge on any atom is 0.257 e. The predicted molar refractivity (Wildman–Crippen MR) is 97.9 cm³/mol. The third-order valence-electron chi connectivity index (χ3n) is 3.29. The summed E-state index contributed by atoms with van der Waals surface area (Å²) in [7, 11) is 4.49. The average Bonchev–Trinajstić information content (AvgIpc) is 2.62. The van der Waals surface area contributed by atoms with Crippen molar-refractivity contribution in [2.75, 3.05) is 26.6 Å². The number of aromatic hydroxyl groups is 1. The van der Waals surface area contributed by atoms with Crippen LogP contribution < -0.4 is 24.8 Å². The van der Waals surface area contributed by atoms with E-state index in [1.165, 1.54) is 27.4 Å². The molecule has 2 aromatic rings. The monoisotopic (exact) mass is 362 g/mol. The molecule has 132 valence electrons. The summed E-state index contributed by atoms with van der Waals surface area (Å²) in [6.45, 7) is 0. The first-order valence-electron chi connectivity index (χ1n) is 7.19. The van der Waals surface area contributed by atoms with E-state index in [1.807, 2.05) is 0 Å². The molecule has 0 bridgehead atoms. The van der Waals surface area contributed by atoms with E-state index in [4.69, 9.17) is 26.4 Å². The van der Waals surface area contributed by atoms with Gasteiger partial charge in [-0.2, -0.15) is 0 Å². The highest BCUT2D eigenvalue weighted by atomic mass is 32.1. The summed E-state index contributed by atoms with van der Waals surface area (Å²) in [6.07, 6.45) is 0. The molecule has 25 heavy (non-hydrogen) atoms. The summed E-state index contributed by atoms with van der Waals surface area (Å²) in [5, 5.41) is 15.1. The van der Waals surface area contributed by atoms with Gasteiger partial charge in [0.25, 0.3) is 5.91 Å². The smallest absolute Gasteiger partial charge is 0.257 e. The number of benzene rings is 2. The maximum absolute atomic E-state index is 12.4. The van der Waals surface area contributed by atoms with Gasteiger partial charge < -0.3 is 24.6 Å². The number of ether oxygens (including phenoxy) is 3.